The molecule has 1 unspecified atom stereocenters. The number of carboxylic acids is 1. The molecule has 0 fully saturated rings. The summed E-state index contributed by atoms with van der Waals surface area (Å²) >= 11 is 1.34. The largest absolute Gasteiger partial charge is 0.477 e. The van der Waals surface area contributed by atoms with Crippen LogP contribution in [0.1, 0.15) is 91.7 Å². The van der Waals surface area contributed by atoms with Crippen LogP contribution in [0, 0.1) is 0 Å². The normalized spacial score (nSPS) is 12.0. The lowest BCUT2D eigenvalue weighted by molar-refractivity contribution is -0.116. The van der Waals surface area contributed by atoms with Crippen molar-refractivity contribution in [3.63, 3.8) is 0 Å². The molecule has 1 heterocycles. The van der Waals surface area contributed by atoms with E-state index in [1.54, 1.807) is 13.0 Å². The summed E-state index contributed by atoms with van der Waals surface area (Å²) in [6.45, 7) is 6.78. The van der Waals surface area contributed by atoms with Gasteiger partial charge in [-0.1, -0.05) is 45.2 Å². The summed E-state index contributed by atoms with van der Waals surface area (Å²) in [5, 5.41) is 9.02. The third kappa shape index (κ3) is 7.28. The molecule has 0 bridgehead atoms. The summed E-state index contributed by atoms with van der Waals surface area (Å²) in [5.41, 5.74) is 2.33. The molecule has 0 spiro atoms. The Hall–Kier alpha value is -2.14. The van der Waals surface area contributed by atoms with Crippen LogP contribution in [0.5, 0.6) is 0 Å². The molecule has 164 valence electrons. The fraction of sp³-hybridized carbons (Fsp3) is 0.520. The van der Waals surface area contributed by atoms with Gasteiger partial charge in [0.2, 0.25) is 5.91 Å². The molecule has 0 aliphatic heterocycles. The van der Waals surface area contributed by atoms with Gasteiger partial charge in [0.25, 0.3) is 0 Å². The molecule has 1 atom stereocenters. The Bertz CT molecular complexity index is 797. The molecule has 5 heteroatoms. The van der Waals surface area contributed by atoms with Gasteiger partial charge in [0.05, 0.1) is 0 Å². The van der Waals surface area contributed by atoms with Gasteiger partial charge in [0, 0.05) is 24.0 Å². The summed E-state index contributed by atoms with van der Waals surface area (Å²) in [6, 6.07) is 12.1. The van der Waals surface area contributed by atoms with Crippen LogP contribution in [0.25, 0.3) is 0 Å². The van der Waals surface area contributed by atoms with Gasteiger partial charge in [-0.3, -0.25) is 4.79 Å². The van der Waals surface area contributed by atoms with E-state index in [0.29, 0.717) is 17.3 Å². The Morgan fingerprint density at radius 1 is 1.00 bits per heavy atom. The first-order valence-corrected chi connectivity index (χ1v) is 12.0. The van der Waals surface area contributed by atoms with Crippen LogP contribution in [0.15, 0.2) is 36.4 Å². The van der Waals surface area contributed by atoms with Gasteiger partial charge in [0.15, 0.2) is 0 Å². The van der Waals surface area contributed by atoms with Crippen LogP contribution in [0.2, 0.25) is 0 Å². The highest BCUT2D eigenvalue weighted by molar-refractivity contribution is 7.13. The first-order chi connectivity index (χ1) is 14.5. The van der Waals surface area contributed by atoms with E-state index in [4.69, 9.17) is 5.11 Å². The summed E-state index contributed by atoms with van der Waals surface area (Å²) in [4.78, 5) is 26.5. The predicted molar refractivity (Wildman–Crippen MR) is 126 cm³/mol. The number of aromatic carboxylic acids is 1. The highest BCUT2D eigenvalue weighted by atomic mass is 32.1. The van der Waals surface area contributed by atoms with Crippen molar-refractivity contribution in [1.82, 2.24) is 0 Å². The quantitative estimate of drug-likeness (QED) is 0.352. The molecule has 1 N–H and O–H groups in total. The van der Waals surface area contributed by atoms with Crippen LogP contribution in [0.4, 0.5) is 5.69 Å². The average molecular weight is 430 g/mol. The molecule has 30 heavy (non-hydrogen) atoms. The number of amides is 1. The van der Waals surface area contributed by atoms with Crippen molar-refractivity contribution in [2.24, 2.45) is 0 Å². The summed E-state index contributed by atoms with van der Waals surface area (Å²) in [5.74, 6) is -0.215. The fourth-order valence-electron chi connectivity index (χ4n) is 3.84. The molecule has 0 saturated heterocycles. The smallest absolute Gasteiger partial charge is 0.345 e. The highest BCUT2D eigenvalue weighted by Gasteiger charge is 2.14. The molecule has 0 radical (unpaired) electrons. The summed E-state index contributed by atoms with van der Waals surface area (Å²) in [6.07, 6.45) is 8.84. The summed E-state index contributed by atoms with van der Waals surface area (Å²) in [7, 11) is 0. The van der Waals surface area contributed by atoms with E-state index in [2.05, 4.69) is 38.1 Å². The van der Waals surface area contributed by atoms with Gasteiger partial charge in [-0.25, -0.2) is 4.79 Å². The van der Waals surface area contributed by atoms with Crippen LogP contribution >= 0.6 is 11.3 Å². The van der Waals surface area contributed by atoms with Gasteiger partial charge >= 0.3 is 5.97 Å². The number of carbonyl (C=O) groups excluding carboxylic acids is 1. The maximum atomic E-state index is 12.2. The molecule has 2 aromatic rings. The van der Waals surface area contributed by atoms with Gasteiger partial charge in [-0.15, -0.1) is 11.3 Å². The number of benzene rings is 1. The zero-order valence-electron chi connectivity index (χ0n) is 18.5. The number of carbonyl (C=O) groups is 2. The maximum Gasteiger partial charge on any atom is 0.345 e. The third-order valence-corrected chi connectivity index (χ3v) is 6.77. The molecule has 1 aromatic heterocycles. The van der Waals surface area contributed by atoms with E-state index in [-0.39, 0.29) is 5.91 Å². The number of anilines is 1. The monoisotopic (exact) mass is 429 g/mol. The fourth-order valence-corrected chi connectivity index (χ4v) is 4.73. The first kappa shape index (κ1) is 24.1. The standard InChI is InChI=1S/C25H35NO3S/c1-4-6-7-10-20(5-2)21-12-14-22(15-13-21)26(19(3)27)18-9-8-11-23-16-17-24(30-23)25(28)29/h12-17,20H,4-11,18H2,1-3H3,(H,28,29). The van der Waals surface area contributed by atoms with Crippen molar-refractivity contribution in [2.45, 2.75) is 78.1 Å². The van der Waals surface area contributed by atoms with Crippen LogP contribution in [-0.4, -0.2) is 23.5 Å². The van der Waals surface area contributed by atoms with E-state index in [1.165, 1.54) is 42.6 Å². The van der Waals surface area contributed by atoms with Crippen LogP contribution in [-0.2, 0) is 11.2 Å². The minimum Gasteiger partial charge on any atom is -0.477 e. The number of carboxylic acid groups (broad SMARTS) is 1. The van der Waals surface area contributed by atoms with Gasteiger partial charge in [-0.05, 0) is 67.9 Å². The Labute approximate surface area is 184 Å². The van der Waals surface area contributed by atoms with Crippen molar-refractivity contribution in [3.05, 3.63) is 51.7 Å². The minimum atomic E-state index is -0.867. The van der Waals surface area contributed by atoms with Crippen molar-refractivity contribution < 1.29 is 14.7 Å². The van der Waals surface area contributed by atoms with Crippen molar-refractivity contribution >= 4 is 28.9 Å². The number of rotatable bonds is 13. The first-order valence-electron chi connectivity index (χ1n) is 11.2. The third-order valence-electron chi connectivity index (χ3n) is 5.63. The molecule has 0 saturated carbocycles. The number of nitrogens with zero attached hydrogens (tertiary/aromatic N) is 1. The van der Waals surface area contributed by atoms with Gasteiger partial charge in [0.1, 0.15) is 4.88 Å². The molecular formula is C25H35NO3S. The number of hydrogen-bond acceptors (Lipinski definition) is 3. The van der Waals surface area contributed by atoms with E-state index >= 15 is 0 Å². The molecule has 2 rings (SSSR count). The topological polar surface area (TPSA) is 57.6 Å². The second-order valence-electron chi connectivity index (χ2n) is 7.89. The Morgan fingerprint density at radius 3 is 2.30 bits per heavy atom. The van der Waals surface area contributed by atoms with Crippen LogP contribution < -0.4 is 4.90 Å². The second kappa shape index (κ2) is 12.5. The lowest BCUT2D eigenvalue weighted by atomic mass is 9.91. The minimum absolute atomic E-state index is 0.0574. The Kier molecular flexibility index (Phi) is 10.1. The Morgan fingerprint density at radius 2 is 1.73 bits per heavy atom. The van der Waals surface area contributed by atoms with Crippen molar-refractivity contribution in [3.8, 4) is 0 Å². The number of thiophene rings is 1. The van der Waals surface area contributed by atoms with E-state index in [0.717, 1.165) is 36.2 Å². The van der Waals surface area contributed by atoms with Crippen molar-refractivity contribution in [1.29, 1.82) is 0 Å². The Balaban J connectivity index is 1.90. The number of unbranched alkanes of at least 4 members (excludes halogenated alkanes) is 3. The summed E-state index contributed by atoms with van der Waals surface area (Å²) < 4.78 is 0. The SMILES string of the molecule is CCCCCC(CC)c1ccc(N(CCCCc2ccc(C(=O)O)s2)C(C)=O)cc1. The molecular weight excluding hydrogens is 394 g/mol. The molecule has 4 nitrogen and oxygen atoms in total. The molecule has 0 aliphatic rings. The molecule has 0 aliphatic carbocycles. The molecule has 1 aromatic carbocycles. The van der Waals surface area contributed by atoms with Crippen molar-refractivity contribution in [2.75, 3.05) is 11.4 Å². The average Bonchev–Trinajstić information content (AvgIpc) is 3.21. The lowest BCUT2D eigenvalue weighted by Gasteiger charge is -2.22. The van der Waals surface area contributed by atoms with E-state index < -0.39 is 5.97 Å². The van der Waals surface area contributed by atoms with Gasteiger partial charge < -0.3 is 10.0 Å². The van der Waals surface area contributed by atoms with E-state index in [9.17, 15) is 9.59 Å². The number of hydrogen-bond donors (Lipinski definition) is 1. The zero-order valence-corrected chi connectivity index (χ0v) is 19.3. The highest BCUT2D eigenvalue weighted by Crippen LogP contribution is 2.28. The molecule has 1 amide bonds. The van der Waals surface area contributed by atoms with E-state index in [1.807, 2.05) is 11.0 Å². The van der Waals surface area contributed by atoms with Gasteiger partial charge in [-0.2, -0.15) is 0 Å². The zero-order chi connectivity index (χ0) is 21.9. The lowest BCUT2D eigenvalue weighted by Crippen LogP contribution is -2.29. The maximum absolute atomic E-state index is 12.2. The van der Waals surface area contributed by atoms with Crippen LogP contribution in [0.3, 0.4) is 0 Å². The predicted octanol–water partition coefficient (Wildman–Crippen LogP) is 6.90. The second-order valence-corrected chi connectivity index (χ2v) is 9.06. The number of aryl methyl sites for hydroxylation is 1.